The number of carbonyl (C=O) groups is 2. The molecule has 0 unspecified atom stereocenters. The number of aromatic nitrogens is 2. The minimum Gasteiger partial charge on any atom is -0.357 e. The Hall–Kier alpha value is -3.78. The molecule has 0 fully saturated rings. The lowest BCUT2D eigenvalue weighted by Gasteiger charge is -2.07. The highest BCUT2D eigenvalue weighted by molar-refractivity contribution is 7.22. The number of fused-ring (bicyclic) bond motifs is 1. The second kappa shape index (κ2) is 8.71. The SMILES string of the molecule is CC(=O)Nc1ccc(NC(=O)c2ccc3nc(NCc4cccnc4)sc3c2)cc1. The highest BCUT2D eigenvalue weighted by Gasteiger charge is 2.10. The Morgan fingerprint density at radius 3 is 2.47 bits per heavy atom. The van der Waals surface area contributed by atoms with Gasteiger partial charge in [0.1, 0.15) is 0 Å². The van der Waals surface area contributed by atoms with Crippen LogP contribution in [-0.2, 0) is 11.3 Å². The minimum atomic E-state index is -0.206. The third-order valence-corrected chi connectivity index (χ3v) is 5.26. The van der Waals surface area contributed by atoms with Crippen LogP contribution in [0.25, 0.3) is 10.2 Å². The van der Waals surface area contributed by atoms with Crippen LogP contribution in [0.3, 0.4) is 0 Å². The molecule has 4 aromatic rings. The molecule has 3 N–H and O–H groups in total. The summed E-state index contributed by atoms with van der Waals surface area (Å²) in [5.74, 6) is -0.346. The Kier molecular flexibility index (Phi) is 5.67. The van der Waals surface area contributed by atoms with Crippen molar-refractivity contribution in [2.45, 2.75) is 13.5 Å². The van der Waals surface area contributed by atoms with Crippen LogP contribution in [0.4, 0.5) is 16.5 Å². The van der Waals surface area contributed by atoms with Crippen LogP contribution in [-0.4, -0.2) is 21.8 Å². The Balaban J connectivity index is 1.43. The fourth-order valence-electron chi connectivity index (χ4n) is 2.87. The van der Waals surface area contributed by atoms with Crippen molar-refractivity contribution in [2.75, 3.05) is 16.0 Å². The highest BCUT2D eigenvalue weighted by Crippen LogP contribution is 2.27. The number of hydrogen-bond acceptors (Lipinski definition) is 6. The lowest BCUT2D eigenvalue weighted by atomic mass is 10.2. The van der Waals surface area contributed by atoms with Crippen molar-refractivity contribution in [3.63, 3.8) is 0 Å². The number of carbonyl (C=O) groups excluding carboxylic acids is 2. The monoisotopic (exact) mass is 417 g/mol. The molecule has 2 aromatic carbocycles. The molecule has 2 amide bonds. The number of rotatable bonds is 6. The summed E-state index contributed by atoms with van der Waals surface area (Å²) in [6.45, 7) is 2.08. The molecule has 0 radical (unpaired) electrons. The largest absolute Gasteiger partial charge is 0.357 e. The average molecular weight is 417 g/mol. The fraction of sp³-hybridized carbons (Fsp3) is 0.0909. The van der Waals surface area contributed by atoms with E-state index in [1.165, 1.54) is 18.3 Å². The van der Waals surface area contributed by atoms with E-state index in [1.54, 1.807) is 36.5 Å². The molecule has 4 rings (SSSR count). The first-order chi connectivity index (χ1) is 14.6. The zero-order chi connectivity index (χ0) is 20.9. The Morgan fingerprint density at radius 1 is 1.00 bits per heavy atom. The van der Waals surface area contributed by atoms with Gasteiger partial charge in [-0.3, -0.25) is 14.6 Å². The average Bonchev–Trinajstić information content (AvgIpc) is 3.16. The molecule has 2 aromatic heterocycles. The summed E-state index contributed by atoms with van der Waals surface area (Å²) in [6.07, 6.45) is 3.55. The Morgan fingerprint density at radius 2 is 1.77 bits per heavy atom. The number of amides is 2. The predicted octanol–water partition coefficient (Wildman–Crippen LogP) is 4.51. The molecule has 2 heterocycles. The normalized spacial score (nSPS) is 10.6. The molecule has 30 heavy (non-hydrogen) atoms. The first-order valence-electron chi connectivity index (χ1n) is 9.29. The molecule has 0 bridgehead atoms. The maximum Gasteiger partial charge on any atom is 0.255 e. The van der Waals surface area contributed by atoms with Gasteiger partial charge in [0, 0.05) is 42.8 Å². The summed E-state index contributed by atoms with van der Waals surface area (Å²) >= 11 is 1.50. The van der Waals surface area contributed by atoms with Gasteiger partial charge in [-0.05, 0) is 54.1 Å². The van der Waals surface area contributed by atoms with Gasteiger partial charge in [0.05, 0.1) is 10.2 Å². The van der Waals surface area contributed by atoms with E-state index in [1.807, 2.05) is 30.5 Å². The van der Waals surface area contributed by atoms with Crippen molar-refractivity contribution in [1.29, 1.82) is 0 Å². The second-order valence-electron chi connectivity index (χ2n) is 6.63. The van der Waals surface area contributed by atoms with Crippen LogP contribution in [0.2, 0.25) is 0 Å². The topological polar surface area (TPSA) is 96.0 Å². The third kappa shape index (κ3) is 4.79. The van der Waals surface area contributed by atoms with Crippen molar-refractivity contribution < 1.29 is 9.59 Å². The Labute approximate surface area is 177 Å². The van der Waals surface area contributed by atoms with Gasteiger partial charge in [-0.25, -0.2) is 4.98 Å². The van der Waals surface area contributed by atoms with Gasteiger partial charge >= 0.3 is 0 Å². The minimum absolute atomic E-state index is 0.140. The lowest BCUT2D eigenvalue weighted by Crippen LogP contribution is -2.12. The summed E-state index contributed by atoms with van der Waals surface area (Å²) in [5.41, 5.74) is 3.79. The maximum atomic E-state index is 12.6. The molecule has 7 nitrogen and oxygen atoms in total. The summed E-state index contributed by atoms with van der Waals surface area (Å²) in [4.78, 5) is 32.4. The second-order valence-corrected chi connectivity index (χ2v) is 7.66. The van der Waals surface area contributed by atoms with Gasteiger partial charge < -0.3 is 16.0 Å². The summed E-state index contributed by atoms with van der Waals surface area (Å²) < 4.78 is 0.928. The van der Waals surface area contributed by atoms with E-state index in [0.29, 0.717) is 23.5 Å². The molecule has 0 saturated carbocycles. The number of hydrogen-bond donors (Lipinski definition) is 3. The number of nitrogens with zero attached hydrogens (tertiary/aromatic N) is 2. The van der Waals surface area contributed by atoms with Crippen molar-refractivity contribution >= 4 is 49.9 Å². The number of anilines is 3. The van der Waals surface area contributed by atoms with Crippen LogP contribution < -0.4 is 16.0 Å². The van der Waals surface area contributed by atoms with Gasteiger partial charge in [0.15, 0.2) is 5.13 Å². The third-order valence-electron chi connectivity index (χ3n) is 4.28. The number of benzene rings is 2. The zero-order valence-corrected chi connectivity index (χ0v) is 17.0. The molecular weight excluding hydrogens is 398 g/mol. The first kappa shape index (κ1) is 19.5. The number of nitrogens with one attached hydrogen (secondary N) is 3. The summed E-state index contributed by atoms with van der Waals surface area (Å²) in [6, 6.07) is 16.3. The predicted molar refractivity (Wildman–Crippen MR) is 120 cm³/mol. The van der Waals surface area contributed by atoms with Crippen LogP contribution in [0.1, 0.15) is 22.8 Å². The standard InChI is InChI=1S/C22H19N5O2S/c1-14(28)25-17-5-7-18(8-6-17)26-21(29)16-4-9-19-20(11-16)30-22(27-19)24-13-15-3-2-10-23-12-15/h2-12H,13H2,1H3,(H,24,27)(H,25,28)(H,26,29). The summed E-state index contributed by atoms with van der Waals surface area (Å²) in [5, 5.41) is 9.65. The molecule has 0 aliphatic heterocycles. The lowest BCUT2D eigenvalue weighted by molar-refractivity contribution is -0.114. The number of thiazole rings is 1. The number of pyridine rings is 1. The van der Waals surface area contributed by atoms with E-state index in [0.717, 1.165) is 20.9 Å². The molecular formula is C22H19N5O2S. The highest BCUT2D eigenvalue weighted by atomic mass is 32.1. The quantitative estimate of drug-likeness (QED) is 0.429. The van der Waals surface area contributed by atoms with Crippen LogP contribution in [0.15, 0.2) is 67.0 Å². The van der Waals surface area contributed by atoms with Gasteiger partial charge in [0.2, 0.25) is 5.91 Å². The molecule has 0 aliphatic rings. The van der Waals surface area contributed by atoms with E-state index < -0.39 is 0 Å². The van der Waals surface area contributed by atoms with E-state index in [-0.39, 0.29) is 11.8 Å². The fourth-order valence-corrected chi connectivity index (χ4v) is 3.77. The molecule has 0 atom stereocenters. The van der Waals surface area contributed by atoms with E-state index >= 15 is 0 Å². The van der Waals surface area contributed by atoms with Crippen molar-refractivity contribution in [1.82, 2.24) is 9.97 Å². The molecule has 0 aliphatic carbocycles. The molecule has 0 spiro atoms. The zero-order valence-electron chi connectivity index (χ0n) is 16.2. The first-order valence-corrected chi connectivity index (χ1v) is 10.1. The van der Waals surface area contributed by atoms with Crippen LogP contribution in [0.5, 0.6) is 0 Å². The van der Waals surface area contributed by atoms with Gasteiger partial charge in [-0.1, -0.05) is 17.4 Å². The molecule has 150 valence electrons. The molecule has 0 saturated heterocycles. The van der Waals surface area contributed by atoms with E-state index in [9.17, 15) is 9.59 Å². The van der Waals surface area contributed by atoms with E-state index in [4.69, 9.17) is 0 Å². The molecule has 8 heteroatoms. The van der Waals surface area contributed by atoms with Gasteiger partial charge in [-0.15, -0.1) is 0 Å². The summed E-state index contributed by atoms with van der Waals surface area (Å²) in [7, 11) is 0. The van der Waals surface area contributed by atoms with Crippen molar-refractivity contribution in [3.05, 3.63) is 78.1 Å². The van der Waals surface area contributed by atoms with Crippen molar-refractivity contribution in [2.24, 2.45) is 0 Å². The maximum absolute atomic E-state index is 12.6. The van der Waals surface area contributed by atoms with E-state index in [2.05, 4.69) is 25.9 Å². The van der Waals surface area contributed by atoms with Crippen LogP contribution in [0, 0.1) is 0 Å². The smallest absolute Gasteiger partial charge is 0.255 e. The van der Waals surface area contributed by atoms with Crippen LogP contribution >= 0.6 is 11.3 Å². The van der Waals surface area contributed by atoms with Gasteiger partial charge in [0.25, 0.3) is 5.91 Å². The van der Waals surface area contributed by atoms with Crippen molar-refractivity contribution in [3.8, 4) is 0 Å². The van der Waals surface area contributed by atoms with Gasteiger partial charge in [-0.2, -0.15) is 0 Å². The Bertz CT molecular complexity index is 1190.